The fourth-order valence-corrected chi connectivity index (χ4v) is 3.62. The van der Waals surface area contributed by atoms with Gasteiger partial charge in [0, 0.05) is 11.4 Å². The van der Waals surface area contributed by atoms with E-state index in [4.69, 9.17) is 4.99 Å². The Morgan fingerprint density at radius 2 is 1.54 bits per heavy atom. The fraction of sp³-hybridized carbons (Fsp3) is 0.273. The molecule has 4 heteroatoms. The first-order valence-corrected chi connectivity index (χ1v) is 9.08. The van der Waals surface area contributed by atoms with Crippen LogP contribution in [-0.4, -0.2) is 20.7 Å². The average Bonchev–Trinajstić information content (AvgIpc) is 3.22. The largest absolute Gasteiger partial charge is 0.352 e. The Morgan fingerprint density at radius 3 is 2.23 bits per heavy atom. The third kappa shape index (κ3) is 3.27. The van der Waals surface area contributed by atoms with Gasteiger partial charge in [0.25, 0.3) is 0 Å². The van der Waals surface area contributed by atoms with E-state index in [1.165, 1.54) is 11.3 Å². The lowest BCUT2D eigenvalue weighted by Gasteiger charge is -2.14. The van der Waals surface area contributed by atoms with Crippen LogP contribution < -0.4 is 0 Å². The predicted molar refractivity (Wildman–Crippen MR) is 108 cm³/mol. The van der Waals surface area contributed by atoms with E-state index in [-0.39, 0.29) is 0 Å². The van der Waals surface area contributed by atoms with Crippen LogP contribution in [0.25, 0.3) is 28.5 Å². The summed E-state index contributed by atoms with van der Waals surface area (Å²) in [7, 11) is 0. The first-order chi connectivity index (χ1) is 12.5. The molecule has 4 heterocycles. The Balaban J connectivity index is 1.64. The van der Waals surface area contributed by atoms with Crippen LogP contribution in [0.4, 0.5) is 0 Å². The number of rotatable bonds is 3. The summed E-state index contributed by atoms with van der Waals surface area (Å²) in [6.45, 7) is 8.46. The summed E-state index contributed by atoms with van der Waals surface area (Å²) in [6.07, 6.45) is 3.28. The van der Waals surface area contributed by atoms with Gasteiger partial charge < -0.3 is 9.97 Å². The third-order valence-electron chi connectivity index (χ3n) is 4.68. The summed E-state index contributed by atoms with van der Waals surface area (Å²) in [5.74, 6) is 0.530. The van der Waals surface area contributed by atoms with Gasteiger partial charge in [0.15, 0.2) is 0 Å². The molecule has 0 bridgehead atoms. The number of aryl methyl sites for hydroxylation is 2. The third-order valence-corrected chi connectivity index (χ3v) is 4.68. The Morgan fingerprint density at radius 1 is 0.885 bits per heavy atom. The molecule has 1 atom stereocenters. The summed E-state index contributed by atoms with van der Waals surface area (Å²) in [6, 6.07) is 12.6. The maximum Gasteiger partial charge on any atom is 0.0870 e. The van der Waals surface area contributed by atoms with Crippen LogP contribution in [0.1, 0.15) is 37.2 Å². The van der Waals surface area contributed by atoms with Crippen LogP contribution in [0, 0.1) is 19.8 Å². The van der Waals surface area contributed by atoms with Crippen molar-refractivity contribution in [3.63, 3.8) is 0 Å². The van der Waals surface area contributed by atoms with Crippen LogP contribution >= 0.6 is 0 Å². The Hall–Kier alpha value is -2.88. The molecule has 1 aliphatic rings. The quantitative estimate of drug-likeness (QED) is 0.645. The standard InChI is InChI=1S/C22H24N4/c1-13-9-15(3)23-21(11-13)19-7-5-17(25-19)18-6-8-20(26-18)22-12-14(2)10-16(4)24-22/h5-9,11-12,14,25-26H,10H2,1-4H3. The van der Waals surface area contributed by atoms with E-state index >= 15 is 0 Å². The molecule has 26 heavy (non-hydrogen) atoms. The molecule has 1 aliphatic heterocycles. The van der Waals surface area contributed by atoms with Crippen LogP contribution in [0.2, 0.25) is 0 Å². The maximum absolute atomic E-state index is 4.71. The number of pyridine rings is 1. The number of aliphatic imine (C=N–C) groups is 1. The minimum absolute atomic E-state index is 0.530. The van der Waals surface area contributed by atoms with Crippen molar-refractivity contribution in [2.45, 2.75) is 34.1 Å². The maximum atomic E-state index is 4.71. The molecule has 0 aliphatic carbocycles. The van der Waals surface area contributed by atoms with Gasteiger partial charge >= 0.3 is 0 Å². The lowest BCUT2D eigenvalue weighted by Crippen LogP contribution is -2.06. The van der Waals surface area contributed by atoms with Crippen LogP contribution in [0.3, 0.4) is 0 Å². The van der Waals surface area contributed by atoms with Crippen molar-refractivity contribution < 1.29 is 0 Å². The van der Waals surface area contributed by atoms with Crippen LogP contribution in [-0.2, 0) is 0 Å². The van der Waals surface area contributed by atoms with Gasteiger partial charge in [-0.25, -0.2) is 0 Å². The molecule has 1 unspecified atom stereocenters. The SMILES string of the molecule is CC1=NC(c2ccc(-c3ccc(-c4cc(C)cc(C)n4)[nH]3)[nH]2)=CC(C)C1. The summed E-state index contributed by atoms with van der Waals surface area (Å²) >= 11 is 0. The molecule has 2 N–H and O–H groups in total. The van der Waals surface area contributed by atoms with Gasteiger partial charge in [-0.3, -0.25) is 9.98 Å². The second-order valence-electron chi connectivity index (χ2n) is 7.32. The Bertz CT molecular complexity index is 996. The number of hydrogen-bond donors (Lipinski definition) is 2. The van der Waals surface area contributed by atoms with Gasteiger partial charge in [-0.2, -0.15) is 0 Å². The number of aromatic nitrogens is 3. The van der Waals surface area contributed by atoms with E-state index in [9.17, 15) is 0 Å². The van der Waals surface area contributed by atoms with Crippen molar-refractivity contribution in [2.75, 3.05) is 0 Å². The van der Waals surface area contributed by atoms with E-state index in [2.05, 4.69) is 78.2 Å². The number of aromatic amines is 2. The fourth-order valence-electron chi connectivity index (χ4n) is 3.62. The molecule has 0 aromatic carbocycles. The molecule has 0 spiro atoms. The van der Waals surface area contributed by atoms with E-state index in [1.54, 1.807) is 0 Å². The lowest BCUT2D eigenvalue weighted by molar-refractivity contribution is 0.757. The molecule has 0 saturated carbocycles. The Kier molecular flexibility index (Phi) is 4.11. The number of allylic oxidation sites excluding steroid dienone is 1. The molecular weight excluding hydrogens is 320 g/mol. The van der Waals surface area contributed by atoms with Gasteiger partial charge in [0.2, 0.25) is 0 Å². The van der Waals surface area contributed by atoms with Gasteiger partial charge in [0.05, 0.1) is 34.2 Å². The number of hydrogen-bond acceptors (Lipinski definition) is 2. The number of H-pyrrole nitrogens is 2. The minimum atomic E-state index is 0.530. The van der Waals surface area contributed by atoms with Crippen molar-refractivity contribution in [1.29, 1.82) is 0 Å². The monoisotopic (exact) mass is 344 g/mol. The zero-order chi connectivity index (χ0) is 18.3. The second kappa shape index (κ2) is 6.45. The van der Waals surface area contributed by atoms with Gasteiger partial charge in [-0.15, -0.1) is 0 Å². The summed E-state index contributed by atoms with van der Waals surface area (Å²) in [5.41, 5.74) is 9.66. The molecule has 0 saturated heterocycles. The number of nitrogens with one attached hydrogen (secondary N) is 2. The first-order valence-electron chi connectivity index (χ1n) is 9.08. The van der Waals surface area contributed by atoms with Gasteiger partial charge in [-0.1, -0.05) is 13.0 Å². The van der Waals surface area contributed by atoms with Crippen molar-refractivity contribution >= 4 is 11.4 Å². The lowest BCUT2D eigenvalue weighted by atomic mass is 10.00. The molecule has 132 valence electrons. The van der Waals surface area contributed by atoms with Crippen molar-refractivity contribution in [2.24, 2.45) is 10.9 Å². The van der Waals surface area contributed by atoms with E-state index < -0.39 is 0 Å². The highest BCUT2D eigenvalue weighted by molar-refractivity contribution is 5.90. The van der Waals surface area contributed by atoms with Gasteiger partial charge in [-0.05, 0) is 75.1 Å². The highest BCUT2D eigenvalue weighted by Crippen LogP contribution is 2.28. The van der Waals surface area contributed by atoms with Crippen molar-refractivity contribution in [3.05, 3.63) is 59.4 Å². The first kappa shape index (κ1) is 16.6. The molecule has 0 amide bonds. The summed E-state index contributed by atoms with van der Waals surface area (Å²) in [5, 5.41) is 0. The van der Waals surface area contributed by atoms with Crippen LogP contribution in [0.5, 0.6) is 0 Å². The highest BCUT2D eigenvalue weighted by atomic mass is 14.9. The molecule has 4 rings (SSSR count). The summed E-state index contributed by atoms with van der Waals surface area (Å²) in [4.78, 5) is 16.3. The second-order valence-corrected chi connectivity index (χ2v) is 7.32. The average molecular weight is 344 g/mol. The Labute approximate surface area is 154 Å². The van der Waals surface area contributed by atoms with Crippen molar-refractivity contribution in [1.82, 2.24) is 15.0 Å². The smallest absolute Gasteiger partial charge is 0.0870 e. The van der Waals surface area contributed by atoms with Crippen molar-refractivity contribution in [3.8, 4) is 22.8 Å². The molecule has 4 nitrogen and oxygen atoms in total. The highest BCUT2D eigenvalue weighted by Gasteiger charge is 2.14. The summed E-state index contributed by atoms with van der Waals surface area (Å²) < 4.78 is 0. The van der Waals surface area contributed by atoms with Gasteiger partial charge in [0.1, 0.15) is 0 Å². The van der Waals surface area contributed by atoms with E-state index in [0.717, 1.165) is 46.3 Å². The molecule has 3 aromatic heterocycles. The molecule has 0 radical (unpaired) electrons. The molecular formula is C22H24N4. The topological polar surface area (TPSA) is 56.8 Å². The van der Waals surface area contributed by atoms with Crippen LogP contribution in [0.15, 0.2) is 47.5 Å². The zero-order valence-corrected chi connectivity index (χ0v) is 15.7. The van der Waals surface area contributed by atoms with E-state index in [0.29, 0.717) is 5.92 Å². The molecule has 3 aromatic rings. The zero-order valence-electron chi connectivity index (χ0n) is 15.7. The predicted octanol–water partition coefficient (Wildman–Crippen LogP) is 5.53. The number of nitrogens with zero attached hydrogens (tertiary/aromatic N) is 2. The minimum Gasteiger partial charge on any atom is -0.352 e. The van der Waals surface area contributed by atoms with E-state index in [1.807, 2.05) is 6.92 Å². The normalized spacial score (nSPS) is 17.2. The molecule has 0 fully saturated rings.